The zero-order valence-corrected chi connectivity index (χ0v) is 18.4. The summed E-state index contributed by atoms with van der Waals surface area (Å²) in [5, 5.41) is 5.02. The molecule has 1 aliphatic heterocycles. The molecule has 3 rings (SSSR count). The van der Waals surface area contributed by atoms with E-state index in [0.29, 0.717) is 5.69 Å². The highest BCUT2D eigenvalue weighted by Gasteiger charge is 2.33. The molecule has 1 aromatic carbocycles. The number of carbonyl (C=O) groups is 1. The van der Waals surface area contributed by atoms with Gasteiger partial charge < -0.3 is 5.32 Å². The molecule has 152 valence electrons. The lowest BCUT2D eigenvalue weighted by Gasteiger charge is -2.29. The summed E-state index contributed by atoms with van der Waals surface area (Å²) in [7, 11) is -0.816. The number of anilines is 1. The molecule has 2 heterocycles. The highest BCUT2D eigenvalue weighted by Crippen LogP contribution is 2.36. The maximum Gasteiger partial charge on any atom is 0.244 e. The van der Waals surface area contributed by atoms with Crippen LogP contribution in [0.4, 0.5) is 5.69 Å². The summed E-state index contributed by atoms with van der Waals surface area (Å²) in [6, 6.07) is 8.56. The van der Waals surface area contributed by atoms with Gasteiger partial charge >= 0.3 is 0 Å². The standard InChI is InChI=1S/C19H24ClN3O3S2/c1-13(23-10-4-6-16(23)17-7-5-11-27-17)19(24)21-14-8-9-15(20)18(12-14)28(25,26)22(2)3/h5,7-9,11-13,16H,4,6,10H2,1-3H3,(H,21,24). The smallest absolute Gasteiger partial charge is 0.244 e. The van der Waals surface area contributed by atoms with Crippen molar-refractivity contribution >= 4 is 44.6 Å². The summed E-state index contributed by atoms with van der Waals surface area (Å²) in [4.78, 5) is 16.3. The monoisotopic (exact) mass is 441 g/mol. The number of hydrogen-bond donors (Lipinski definition) is 1. The van der Waals surface area contributed by atoms with Gasteiger partial charge in [0.25, 0.3) is 0 Å². The fraction of sp³-hybridized carbons (Fsp3) is 0.421. The topological polar surface area (TPSA) is 69.7 Å². The highest BCUT2D eigenvalue weighted by atomic mass is 35.5. The Morgan fingerprint density at radius 3 is 2.75 bits per heavy atom. The second-order valence-electron chi connectivity index (χ2n) is 7.01. The van der Waals surface area contributed by atoms with E-state index in [1.807, 2.05) is 13.0 Å². The van der Waals surface area contributed by atoms with Gasteiger partial charge in [-0.15, -0.1) is 11.3 Å². The van der Waals surface area contributed by atoms with Gasteiger partial charge in [0.2, 0.25) is 15.9 Å². The van der Waals surface area contributed by atoms with Gasteiger partial charge in [0.1, 0.15) is 4.90 Å². The van der Waals surface area contributed by atoms with Crippen molar-refractivity contribution in [2.24, 2.45) is 0 Å². The first-order chi connectivity index (χ1) is 13.2. The molecule has 1 aromatic heterocycles. The van der Waals surface area contributed by atoms with Gasteiger partial charge in [0.05, 0.1) is 11.1 Å². The van der Waals surface area contributed by atoms with E-state index in [-0.39, 0.29) is 27.9 Å². The SMILES string of the molecule is CC(C(=O)Nc1ccc(Cl)c(S(=O)(=O)N(C)C)c1)N1CCCC1c1cccs1. The molecule has 0 saturated carbocycles. The van der Waals surface area contributed by atoms with Gasteiger partial charge in [-0.2, -0.15) is 0 Å². The average molecular weight is 442 g/mol. The third-order valence-corrected chi connectivity index (χ3v) is 8.27. The van der Waals surface area contributed by atoms with E-state index in [9.17, 15) is 13.2 Å². The van der Waals surface area contributed by atoms with Crippen molar-refractivity contribution in [1.82, 2.24) is 9.21 Å². The predicted octanol–water partition coefficient (Wildman–Crippen LogP) is 3.82. The van der Waals surface area contributed by atoms with Crippen molar-refractivity contribution in [3.05, 3.63) is 45.6 Å². The summed E-state index contributed by atoms with van der Waals surface area (Å²) in [5.41, 5.74) is 0.411. The second kappa shape index (κ2) is 8.51. The molecule has 1 amide bonds. The molecular weight excluding hydrogens is 418 g/mol. The molecule has 9 heteroatoms. The van der Waals surface area contributed by atoms with Crippen LogP contribution < -0.4 is 5.32 Å². The van der Waals surface area contributed by atoms with Crippen LogP contribution in [-0.4, -0.2) is 50.2 Å². The molecule has 1 aliphatic rings. The number of benzene rings is 1. The van der Waals surface area contributed by atoms with Crippen LogP contribution in [-0.2, 0) is 14.8 Å². The van der Waals surface area contributed by atoms with Gasteiger partial charge in [-0.1, -0.05) is 17.7 Å². The number of nitrogens with one attached hydrogen (secondary N) is 1. The van der Waals surface area contributed by atoms with Crippen molar-refractivity contribution in [3.8, 4) is 0 Å². The predicted molar refractivity (Wildman–Crippen MR) is 113 cm³/mol. The average Bonchev–Trinajstić information content (AvgIpc) is 3.33. The first kappa shape index (κ1) is 21.3. The Morgan fingerprint density at radius 2 is 2.11 bits per heavy atom. The van der Waals surface area contributed by atoms with Gasteiger partial charge in [0.15, 0.2) is 0 Å². The lowest BCUT2D eigenvalue weighted by Crippen LogP contribution is -2.41. The highest BCUT2D eigenvalue weighted by molar-refractivity contribution is 7.89. The number of thiophene rings is 1. The van der Waals surface area contributed by atoms with Crippen LogP contribution in [0.25, 0.3) is 0 Å². The number of halogens is 1. The van der Waals surface area contributed by atoms with E-state index in [0.717, 1.165) is 23.7 Å². The van der Waals surface area contributed by atoms with Gasteiger partial charge in [-0.3, -0.25) is 9.69 Å². The van der Waals surface area contributed by atoms with Crippen molar-refractivity contribution in [3.63, 3.8) is 0 Å². The molecule has 0 bridgehead atoms. The number of carbonyl (C=O) groups excluding carboxylic acids is 1. The van der Waals surface area contributed by atoms with E-state index >= 15 is 0 Å². The van der Waals surface area contributed by atoms with Crippen molar-refractivity contribution in [2.75, 3.05) is 26.0 Å². The molecular formula is C19H24ClN3O3S2. The number of nitrogens with zero attached hydrogens (tertiary/aromatic N) is 2. The first-order valence-corrected chi connectivity index (χ1v) is 11.7. The zero-order chi connectivity index (χ0) is 20.5. The lowest BCUT2D eigenvalue weighted by atomic mass is 10.1. The largest absolute Gasteiger partial charge is 0.325 e. The van der Waals surface area contributed by atoms with E-state index in [1.54, 1.807) is 17.4 Å². The Balaban J connectivity index is 1.78. The number of rotatable bonds is 6. The molecule has 1 fully saturated rings. The van der Waals surface area contributed by atoms with E-state index in [1.165, 1.54) is 31.1 Å². The Labute approximate surface area is 175 Å². The number of amides is 1. The van der Waals surface area contributed by atoms with Gasteiger partial charge in [0, 0.05) is 30.7 Å². The molecule has 2 atom stereocenters. The van der Waals surface area contributed by atoms with Crippen LogP contribution in [0.2, 0.25) is 5.02 Å². The fourth-order valence-electron chi connectivity index (χ4n) is 3.41. The number of sulfonamides is 1. The quantitative estimate of drug-likeness (QED) is 0.739. The van der Waals surface area contributed by atoms with Crippen molar-refractivity contribution in [2.45, 2.75) is 36.7 Å². The van der Waals surface area contributed by atoms with E-state index in [4.69, 9.17) is 11.6 Å². The lowest BCUT2D eigenvalue weighted by molar-refractivity contribution is -0.121. The van der Waals surface area contributed by atoms with Gasteiger partial charge in [-0.25, -0.2) is 12.7 Å². The van der Waals surface area contributed by atoms with Crippen LogP contribution in [0.3, 0.4) is 0 Å². The normalized spacial score (nSPS) is 19.1. The van der Waals surface area contributed by atoms with E-state index in [2.05, 4.69) is 21.7 Å². The molecule has 6 nitrogen and oxygen atoms in total. The second-order valence-corrected chi connectivity index (χ2v) is 10.5. The maximum absolute atomic E-state index is 12.9. The molecule has 28 heavy (non-hydrogen) atoms. The molecule has 0 aliphatic carbocycles. The van der Waals surface area contributed by atoms with Crippen LogP contribution >= 0.6 is 22.9 Å². The van der Waals surface area contributed by atoms with Crippen LogP contribution in [0.1, 0.15) is 30.7 Å². The molecule has 2 unspecified atom stereocenters. The molecule has 0 radical (unpaired) electrons. The maximum atomic E-state index is 12.9. The minimum Gasteiger partial charge on any atom is -0.325 e. The first-order valence-electron chi connectivity index (χ1n) is 9.04. The summed E-state index contributed by atoms with van der Waals surface area (Å²) in [6.07, 6.45) is 2.08. The Kier molecular flexibility index (Phi) is 6.46. The molecule has 0 spiro atoms. The third kappa shape index (κ3) is 4.26. The number of hydrogen-bond acceptors (Lipinski definition) is 5. The van der Waals surface area contributed by atoms with Crippen LogP contribution in [0.15, 0.2) is 40.6 Å². The van der Waals surface area contributed by atoms with Crippen LogP contribution in [0, 0.1) is 0 Å². The van der Waals surface area contributed by atoms with E-state index < -0.39 is 10.0 Å². The third-order valence-electron chi connectivity index (χ3n) is 5.00. The minimum atomic E-state index is -3.70. The Bertz CT molecular complexity index is 945. The number of likely N-dealkylation sites (tertiary alicyclic amines) is 1. The molecule has 1 N–H and O–H groups in total. The van der Waals surface area contributed by atoms with Crippen molar-refractivity contribution in [1.29, 1.82) is 0 Å². The van der Waals surface area contributed by atoms with Gasteiger partial charge in [-0.05, 0) is 56.0 Å². The fourth-order valence-corrected chi connectivity index (χ4v) is 5.69. The summed E-state index contributed by atoms with van der Waals surface area (Å²) >= 11 is 7.78. The summed E-state index contributed by atoms with van der Waals surface area (Å²) in [6.45, 7) is 2.74. The summed E-state index contributed by atoms with van der Waals surface area (Å²) < 4.78 is 26.0. The Morgan fingerprint density at radius 1 is 1.36 bits per heavy atom. The molecule has 2 aromatic rings. The molecule has 1 saturated heterocycles. The van der Waals surface area contributed by atoms with Crippen molar-refractivity contribution < 1.29 is 13.2 Å². The van der Waals surface area contributed by atoms with Crippen LogP contribution in [0.5, 0.6) is 0 Å². The Hall–Kier alpha value is -1.45. The summed E-state index contributed by atoms with van der Waals surface area (Å²) in [5.74, 6) is -0.168. The minimum absolute atomic E-state index is 0.0257. The zero-order valence-electron chi connectivity index (χ0n) is 16.1.